The molecule has 0 bridgehead atoms. The van der Waals surface area contributed by atoms with Crippen molar-refractivity contribution in [2.75, 3.05) is 0 Å². The Hall–Kier alpha value is -3.32. The predicted octanol–water partition coefficient (Wildman–Crippen LogP) is 3.72. The number of rotatable bonds is 5. The Bertz CT molecular complexity index is 1090. The molecule has 0 unspecified atom stereocenters. The molecule has 2 aromatic heterocycles. The molecule has 4 rings (SSSR count). The van der Waals surface area contributed by atoms with E-state index in [-0.39, 0.29) is 0 Å². The number of nitrogens with zero attached hydrogens (tertiary/aromatic N) is 3. The number of benzene rings is 2. The summed E-state index contributed by atoms with van der Waals surface area (Å²) in [5.74, 6) is 0.803. The topological polar surface area (TPSA) is 85.3 Å². The zero-order chi connectivity index (χ0) is 18.6. The van der Waals surface area contributed by atoms with E-state index < -0.39 is 6.03 Å². The van der Waals surface area contributed by atoms with Crippen LogP contribution >= 0.6 is 11.8 Å². The fourth-order valence-corrected chi connectivity index (χ4v) is 3.74. The van der Waals surface area contributed by atoms with E-state index in [0.29, 0.717) is 6.54 Å². The van der Waals surface area contributed by atoms with Gasteiger partial charge in [0, 0.05) is 28.1 Å². The standard InChI is InChI=1S/C20H17N5OS/c21-20(26)22-12-15-8-4-5-9-17(15)27-16-10-11-18-23-24-19(25(18)13-16)14-6-2-1-3-7-14/h1-11,13H,12H2,(H3,21,22,26). The number of hydrogen-bond donors (Lipinski definition) is 2. The third-order valence-electron chi connectivity index (χ3n) is 4.06. The van der Waals surface area contributed by atoms with Crippen molar-refractivity contribution in [3.05, 3.63) is 78.5 Å². The fourth-order valence-electron chi connectivity index (χ4n) is 2.77. The number of aromatic nitrogens is 3. The summed E-state index contributed by atoms with van der Waals surface area (Å²) in [7, 11) is 0. The van der Waals surface area contributed by atoms with Gasteiger partial charge >= 0.3 is 6.03 Å². The van der Waals surface area contributed by atoms with Crippen LogP contribution in [0, 0.1) is 0 Å². The molecule has 4 aromatic rings. The van der Waals surface area contributed by atoms with Crippen molar-refractivity contribution in [3.8, 4) is 11.4 Å². The van der Waals surface area contributed by atoms with Crippen molar-refractivity contribution in [2.24, 2.45) is 5.73 Å². The molecule has 2 amide bonds. The minimum atomic E-state index is -0.534. The van der Waals surface area contributed by atoms with Gasteiger partial charge in [0.25, 0.3) is 0 Å². The smallest absolute Gasteiger partial charge is 0.312 e. The van der Waals surface area contributed by atoms with Crippen molar-refractivity contribution >= 4 is 23.4 Å². The summed E-state index contributed by atoms with van der Waals surface area (Å²) in [5.41, 5.74) is 8.00. The van der Waals surface area contributed by atoms with E-state index in [4.69, 9.17) is 5.73 Å². The maximum Gasteiger partial charge on any atom is 0.312 e. The Morgan fingerprint density at radius 2 is 1.78 bits per heavy atom. The highest BCUT2D eigenvalue weighted by molar-refractivity contribution is 7.99. The van der Waals surface area contributed by atoms with E-state index in [1.807, 2.05) is 77.3 Å². The van der Waals surface area contributed by atoms with Gasteiger partial charge in [0.15, 0.2) is 11.5 Å². The molecule has 3 N–H and O–H groups in total. The van der Waals surface area contributed by atoms with Crippen LogP contribution in [0.4, 0.5) is 4.79 Å². The van der Waals surface area contributed by atoms with Crippen LogP contribution in [0.1, 0.15) is 5.56 Å². The van der Waals surface area contributed by atoms with Gasteiger partial charge in [-0.2, -0.15) is 0 Å². The van der Waals surface area contributed by atoms with Gasteiger partial charge in [0.2, 0.25) is 0 Å². The van der Waals surface area contributed by atoms with Gasteiger partial charge in [-0.25, -0.2) is 4.79 Å². The monoisotopic (exact) mass is 375 g/mol. The summed E-state index contributed by atoms with van der Waals surface area (Å²) in [6.07, 6.45) is 2.03. The summed E-state index contributed by atoms with van der Waals surface area (Å²) < 4.78 is 1.99. The number of pyridine rings is 1. The van der Waals surface area contributed by atoms with Crippen LogP contribution in [0.2, 0.25) is 0 Å². The molecule has 7 heteroatoms. The Kier molecular flexibility index (Phi) is 4.76. The van der Waals surface area contributed by atoms with Gasteiger partial charge in [-0.1, -0.05) is 60.3 Å². The number of nitrogens with two attached hydrogens (primary N) is 1. The molecule has 0 aliphatic carbocycles. The number of carbonyl (C=O) groups is 1. The maximum atomic E-state index is 11.0. The minimum absolute atomic E-state index is 0.392. The summed E-state index contributed by atoms with van der Waals surface area (Å²) in [6, 6.07) is 21.3. The minimum Gasteiger partial charge on any atom is -0.352 e. The summed E-state index contributed by atoms with van der Waals surface area (Å²) in [6.45, 7) is 0.392. The highest BCUT2D eigenvalue weighted by Crippen LogP contribution is 2.31. The molecule has 0 radical (unpaired) electrons. The number of urea groups is 1. The third-order valence-corrected chi connectivity index (χ3v) is 5.16. The van der Waals surface area contributed by atoms with E-state index in [1.54, 1.807) is 11.8 Å². The first-order valence-electron chi connectivity index (χ1n) is 8.40. The molecule has 0 aliphatic heterocycles. The molecule has 2 heterocycles. The zero-order valence-electron chi connectivity index (χ0n) is 14.4. The van der Waals surface area contributed by atoms with Crippen molar-refractivity contribution in [1.82, 2.24) is 19.9 Å². The molecule has 134 valence electrons. The van der Waals surface area contributed by atoms with E-state index in [1.165, 1.54) is 0 Å². The van der Waals surface area contributed by atoms with Crippen LogP contribution in [0.15, 0.2) is 82.7 Å². The first kappa shape index (κ1) is 17.1. The molecule has 27 heavy (non-hydrogen) atoms. The number of amides is 2. The molecule has 0 spiro atoms. The quantitative estimate of drug-likeness (QED) is 0.557. The SMILES string of the molecule is NC(=O)NCc1ccccc1Sc1ccc2nnc(-c3ccccc3)n2c1. The van der Waals surface area contributed by atoms with Crippen LogP contribution in [0.5, 0.6) is 0 Å². The van der Waals surface area contributed by atoms with Crippen LogP contribution in [-0.4, -0.2) is 20.6 Å². The third kappa shape index (κ3) is 3.78. The molecule has 0 aliphatic rings. The zero-order valence-corrected chi connectivity index (χ0v) is 15.2. The molecule has 6 nitrogen and oxygen atoms in total. The van der Waals surface area contributed by atoms with Gasteiger partial charge in [0.05, 0.1) is 0 Å². The number of primary amides is 1. The summed E-state index contributed by atoms with van der Waals surface area (Å²) >= 11 is 1.62. The van der Waals surface area contributed by atoms with Crippen LogP contribution in [0.25, 0.3) is 17.0 Å². The molecule has 0 saturated heterocycles. The number of carbonyl (C=O) groups excluding carboxylic acids is 1. The van der Waals surface area contributed by atoms with Crippen molar-refractivity contribution < 1.29 is 4.79 Å². The molecule has 0 fully saturated rings. The van der Waals surface area contributed by atoms with Crippen LogP contribution < -0.4 is 11.1 Å². The largest absolute Gasteiger partial charge is 0.352 e. The van der Waals surface area contributed by atoms with Gasteiger partial charge < -0.3 is 11.1 Å². The molecular formula is C20H17N5OS. The maximum absolute atomic E-state index is 11.0. The highest BCUT2D eigenvalue weighted by Gasteiger charge is 2.10. The van der Waals surface area contributed by atoms with Gasteiger partial charge in [0.1, 0.15) is 0 Å². The lowest BCUT2D eigenvalue weighted by molar-refractivity contribution is 0.248. The van der Waals surface area contributed by atoms with E-state index in [0.717, 1.165) is 32.4 Å². The van der Waals surface area contributed by atoms with Gasteiger partial charge in [-0.05, 0) is 23.8 Å². The Labute approximate surface area is 160 Å². The van der Waals surface area contributed by atoms with Gasteiger partial charge in [-0.3, -0.25) is 4.40 Å². The van der Waals surface area contributed by atoms with Crippen molar-refractivity contribution in [3.63, 3.8) is 0 Å². The van der Waals surface area contributed by atoms with Crippen LogP contribution in [0.3, 0.4) is 0 Å². The van der Waals surface area contributed by atoms with Crippen LogP contribution in [-0.2, 0) is 6.54 Å². The summed E-state index contributed by atoms with van der Waals surface area (Å²) in [4.78, 5) is 13.1. The van der Waals surface area contributed by atoms with E-state index in [9.17, 15) is 4.79 Å². The predicted molar refractivity (Wildman–Crippen MR) is 105 cm³/mol. The second kappa shape index (κ2) is 7.51. The highest BCUT2D eigenvalue weighted by atomic mass is 32.2. The average Bonchev–Trinajstić information content (AvgIpc) is 3.11. The number of nitrogens with one attached hydrogen (secondary N) is 1. The Balaban J connectivity index is 1.67. The number of fused-ring (bicyclic) bond motifs is 1. The van der Waals surface area contributed by atoms with Gasteiger partial charge in [-0.15, -0.1) is 10.2 Å². The first-order valence-corrected chi connectivity index (χ1v) is 9.21. The lowest BCUT2D eigenvalue weighted by atomic mass is 10.2. The normalized spacial score (nSPS) is 10.8. The fraction of sp³-hybridized carbons (Fsp3) is 0.0500. The number of hydrogen-bond acceptors (Lipinski definition) is 4. The first-order chi connectivity index (χ1) is 13.2. The molecular weight excluding hydrogens is 358 g/mol. The van der Waals surface area contributed by atoms with Crippen molar-refractivity contribution in [1.29, 1.82) is 0 Å². The Morgan fingerprint density at radius 1 is 1.00 bits per heavy atom. The Morgan fingerprint density at radius 3 is 2.59 bits per heavy atom. The molecule has 0 atom stereocenters. The van der Waals surface area contributed by atoms with E-state index >= 15 is 0 Å². The lowest BCUT2D eigenvalue weighted by Crippen LogP contribution is -2.28. The second-order valence-electron chi connectivity index (χ2n) is 5.91. The summed E-state index contributed by atoms with van der Waals surface area (Å²) in [5, 5.41) is 11.2. The van der Waals surface area contributed by atoms with E-state index in [2.05, 4.69) is 15.5 Å². The molecule has 2 aromatic carbocycles. The van der Waals surface area contributed by atoms with Crippen molar-refractivity contribution in [2.45, 2.75) is 16.3 Å². The lowest BCUT2D eigenvalue weighted by Gasteiger charge is -2.10. The molecule has 0 saturated carbocycles. The second-order valence-corrected chi connectivity index (χ2v) is 7.03. The average molecular weight is 375 g/mol.